The Morgan fingerprint density at radius 2 is 1.64 bits per heavy atom. The van der Waals surface area contributed by atoms with Gasteiger partial charge in [0.1, 0.15) is 0 Å². The molecule has 2 rings (SSSR count). The maximum Gasteiger partial charge on any atom is 1.00 e. The third-order valence-electron chi connectivity index (χ3n) is 1.55. The first kappa shape index (κ1) is 9.36. The molecule has 1 aromatic heterocycles. The van der Waals surface area contributed by atoms with Crippen LogP contribution in [-0.2, 0) is 0 Å². The van der Waals surface area contributed by atoms with E-state index in [-0.39, 0.29) is 51.4 Å². The molecule has 48 valence electrons. The number of hydrogen-bond donors (Lipinski definition) is 0. The normalized spacial score (nSPS) is 9.09. The predicted octanol–water partition coefficient (Wildman–Crippen LogP) is -0.761. The van der Waals surface area contributed by atoms with Crippen molar-refractivity contribution < 1.29 is 51.4 Å². The summed E-state index contributed by atoms with van der Waals surface area (Å²) in [6.45, 7) is 0. The number of pyridine rings is 1. The fraction of sp³-hybridized carbons (Fsp3) is 0. The average molecular weight is 168 g/mol. The van der Waals surface area contributed by atoms with Crippen molar-refractivity contribution in [2.24, 2.45) is 0 Å². The van der Waals surface area contributed by atoms with Gasteiger partial charge in [0, 0.05) is 12.4 Å². The van der Waals surface area contributed by atoms with Crippen LogP contribution >= 0.6 is 0 Å². The van der Waals surface area contributed by atoms with Gasteiger partial charge in [0.25, 0.3) is 0 Å². The van der Waals surface area contributed by atoms with Gasteiger partial charge in [-0.1, -0.05) is 24.3 Å². The fourth-order valence-corrected chi connectivity index (χ4v) is 1.03. The monoisotopic (exact) mass is 168 g/mol. The van der Waals surface area contributed by atoms with Crippen molar-refractivity contribution in [3.63, 3.8) is 0 Å². The van der Waals surface area contributed by atoms with Crippen LogP contribution in [0.3, 0.4) is 0 Å². The van der Waals surface area contributed by atoms with E-state index in [2.05, 4.69) is 17.1 Å². The summed E-state index contributed by atoms with van der Waals surface area (Å²) in [5, 5.41) is 2.45. The van der Waals surface area contributed by atoms with Gasteiger partial charge in [0.05, 0.1) is 0 Å². The molecule has 0 aliphatic rings. The molecule has 1 nitrogen and oxygen atoms in total. The van der Waals surface area contributed by atoms with Crippen LogP contribution in [0.25, 0.3) is 10.8 Å². The Balaban J connectivity index is 0.000000605. The first-order valence-electron chi connectivity index (χ1n) is 3.25. The van der Waals surface area contributed by atoms with Crippen LogP contribution in [0.1, 0.15) is 0 Å². The van der Waals surface area contributed by atoms with Crippen LogP contribution in [0.15, 0.2) is 42.7 Å². The van der Waals surface area contributed by atoms with Crippen molar-refractivity contribution in [3.8, 4) is 0 Å². The van der Waals surface area contributed by atoms with Crippen LogP contribution in [0.2, 0.25) is 0 Å². The van der Waals surface area contributed by atoms with Crippen LogP contribution < -0.4 is 51.4 Å². The van der Waals surface area contributed by atoms with Gasteiger partial charge >= 0.3 is 51.4 Å². The molecule has 11 heavy (non-hydrogen) atoms. The standard InChI is InChI=1S/C9H7N.K/c1-2-4-9-7-10-6-5-8(9)3-1;/h1-7H;/q;+1. The number of fused-ring (bicyclic) bond motifs is 1. The van der Waals surface area contributed by atoms with E-state index in [4.69, 9.17) is 0 Å². The van der Waals surface area contributed by atoms with Gasteiger partial charge in [-0.05, 0) is 16.8 Å². The summed E-state index contributed by atoms with van der Waals surface area (Å²) in [5.74, 6) is 0. The van der Waals surface area contributed by atoms with Crippen LogP contribution in [0, 0.1) is 0 Å². The van der Waals surface area contributed by atoms with Crippen LogP contribution in [0.5, 0.6) is 0 Å². The predicted molar refractivity (Wildman–Crippen MR) is 41.7 cm³/mol. The number of hydrogen-bond acceptors (Lipinski definition) is 1. The van der Waals surface area contributed by atoms with Crippen molar-refractivity contribution >= 4 is 10.8 Å². The minimum Gasteiger partial charge on any atom is -0.264 e. The molecule has 0 radical (unpaired) electrons. The zero-order valence-corrected chi connectivity index (χ0v) is 9.61. The molecule has 0 N–H and O–H groups in total. The van der Waals surface area contributed by atoms with Crippen molar-refractivity contribution in [3.05, 3.63) is 42.7 Å². The summed E-state index contributed by atoms with van der Waals surface area (Å²) in [5.41, 5.74) is 0. The van der Waals surface area contributed by atoms with Gasteiger partial charge < -0.3 is 0 Å². The summed E-state index contributed by atoms with van der Waals surface area (Å²) < 4.78 is 0. The number of rotatable bonds is 0. The molecule has 1 aromatic carbocycles. The van der Waals surface area contributed by atoms with E-state index in [0.717, 1.165) is 0 Å². The molecule has 0 bridgehead atoms. The minimum absolute atomic E-state index is 0. The molecule has 0 aliphatic carbocycles. The van der Waals surface area contributed by atoms with Crippen molar-refractivity contribution in [1.82, 2.24) is 4.98 Å². The maximum atomic E-state index is 4.01. The van der Waals surface area contributed by atoms with E-state index in [9.17, 15) is 0 Å². The second kappa shape index (κ2) is 4.33. The Kier molecular flexibility index (Phi) is 3.68. The Labute approximate surface area is 108 Å². The molecule has 0 atom stereocenters. The van der Waals surface area contributed by atoms with E-state index < -0.39 is 0 Å². The topological polar surface area (TPSA) is 12.9 Å². The van der Waals surface area contributed by atoms with Gasteiger partial charge in [0.15, 0.2) is 0 Å². The van der Waals surface area contributed by atoms with Gasteiger partial charge in [-0.25, -0.2) is 0 Å². The van der Waals surface area contributed by atoms with Crippen LogP contribution in [-0.4, -0.2) is 4.98 Å². The molecule has 0 aliphatic heterocycles. The maximum absolute atomic E-state index is 4.01. The first-order valence-corrected chi connectivity index (χ1v) is 3.25. The average Bonchev–Trinajstić information content (AvgIpc) is 2.05. The summed E-state index contributed by atoms with van der Waals surface area (Å²) in [7, 11) is 0. The molecule has 2 heteroatoms. The van der Waals surface area contributed by atoms with Gasteiger partial charge in [-0.2, -0.15) is 0 Å². The third kappa shape index (κ3) is 2.10. The molecule has 0 spiro atoms. The Bertz CT molecular complexity index is 281. The van der Waals surface area contributed by atoms with Crippen LogP contribution in [0.4, 0.5) is 0 Å². The SMILES string of the molecule is [K+].c1ccc2cnccc2c1. The fourth-order valence-electron chi connectivity index (χ4n) is 1.03. The molecule has 0 saturated heterocycles. The summed E-state index contributed by atoms with van der Waals surface area (Å²) in [6, 6.07) is 10.2. The van der Waals surface area contributed by atoms with Crippen molar-refractivity contribution in [2.45, 2.75) is 0 Å². The second-order valence-electron chi connectivity index (χ2n) is 2.22. The second-order valence-corrected chi connectivity index (χ2v) is 2.22. The molecule has 0 fully saturated rings. The Morgan fingerprint density at radius 3 is 2.36 bits per heavy atom. The molecular weight excluding hydrogens is 161 g/mol. The van der Waals surface area contributed by atoms with Crippen molar-refractivity contribution in [2.75, 3.05) is 0 Å². The van der Waals surface area contributed by atoms with E-state index in [0.29, 0.717) is 0 Å². The minimum atomic E-state index is 0. The number of benzene rings is 1. The van der Waals surface area contributed by atoms with Crippen molar-refractivity contribution in [1.29, 1.82) is 0 Å². The summed E-state index contributed by atoms with van der Waals surface area (Å²) in [4.78, 5) is 4.01. The molecule has 1 heterocycles. The first-order chi connectivity index (χ1) is 4.97. The number of aromatic nitrogens is 1. The van der Waals surface area contributed by atoms with E-state index in [1.165, 1.54) is 10.8 Å². The molecular formula is C9H7KN+. The number of nitrogens with zero attached hydrogens (tertiary/aromatic N) is 1. The summed E-state index contributed by atoms with van der Waals surface area (Å²) >= 11 is 0. The van der Waals surface area contributed by atoms with Gasteiger partial charge in [-0.15, -0.1) is 0 Å². The smallest absolute Gasteiger partial charge is 0.264 e. The van der Waals surface area contributed by atoms with E-state index >= 15 is 0 Å². The molecule has 0 amide bonds. The Morgan fingerprint density at radius 1 is 0.909 bits per heavy atom. The molecule has 0 unspecified atom stereocenters. The van der Waals surface area contributed by atoms with Gasteiger partial charge in [-0.3, -0.25) is 4.98 Å². The zero-order chi connectivity index (χ0) is 6.81. The zero-order valence-electron chi connectivity index (χ0n) is 6.49. The molecule has 0 saturated carbocycles. The van der Waals surface area contributed by atoms with E-state index in [1.807, 2.05) is 30.6 Å². The Hall–Kier alpha value is 0.266. The summed E-state index contributed by atoms with van der Waals surface area (Å²) in [6.07, 6.45) is 3.68. The van der Waals surface area contributed by atoms with Gasteiger partial charge in [0.2, 0.25) is 0 Å². The third-order valence-corrected chi connectivity index (χ3v) is 1.55. The largest absolute Gasteiger partial charge is 1.00 e. The quantitative estimate of drug-likeness (QED) is 0.471. The molecule has 2 aromatic rings. The van der Waals surface area contributed by atoms with E-state index in [1.54, 1.807) is 0 Å².